The van der Waals surface area contributed by atoms with Crippen LogP contribution in [0, 0.1) is 10.1 Å². The number of aromatic nitrogens is 2. The summed E-state index contributed by atoms with van der Waals surface area (Å²) in [5.41, 5.74) is 0.346. The number of nitro benzene ring substituents is 1. The molecule has 0 radical (unpaired) electrons. The number of amides is 1. The van der Waals surface area contributed by atoms with E-state index in [0.29, 0.717) is 18.7 Å². The lowest BCUT2D eigenvalue weighted by molar-refractivity contribution is -0.387. The van der Waals surface area contributed by atoms with E-state index in [-0.39, 0.29) is 29.6 Å². The molecule has 0 fully saturated rings. The Morgan fingerprint density at radius 1 is 1.26 bits per heavy atom. The molecule has 11 heteroatoms. The Bertz CT molecular complexity index is 998. The molecule has 0 aliphatic carbocycles. The van der Waals surface area contributed by atoms with Gasteiger partial charge in [0.25, 0.3) is 11.6 Å². The maximum atomic E-state index is 13.0. The van der Waals surface area contributed by atoms with Crippen LogP contribution in [-0.4, -0.2) is 58.9 Å². The highest BCUT2D eigenvalue weighted by molar-refractivity contribution is 7.89. The highest BCUT2D eigenvalue weighted by atomic mass is 32.2. The Labute approximate surface area is 156 Å². The van der Waals surface area contributed by atoms with Gasteiger partial charge in [-0.1, -0.05) is 12.1 Å². The van der Waals surface area contributed by atoms with Gasteiger partial charge in [-0.05, 0) is 18.6 Å². The van der Waals surface area contributed by atoms with E-state index in [4.69, 9.17) is 0 Å². The maximum Gasteiger partial charge on any atom is 0.289 e. The molecule has 1 aromatic carbocycles. The van der Waals surface area contributed by atoms with Gasteiger partial charge in [0, 0.05) is 33.3 Å². The van der Waals surface area contributed by atoms with E-state index in [1.807, 2.05) is 0 Å². The number of rotatable bonds is 4. The third-order valence-corrected chi connectivity index (χ3v) is 6.18. The second kappa shape index (κ2) is 7.08. The zero-order valence-corrected chi connectivity index (χ0v) is 15.7. The molecule has 27 heavy (non-hydrogen) atoms. The largest absolute Gasteiger partial charge is 0.343 e. The van der Waals surface area contributed by atoms with E-state index in [2.05, 4.69) is 5.10 Å². The Morgan fingerprint density at radius 3 is 2.63 bits per heavy atom. The first-order chi connectivity index (χ1) is 12.7. The van der Waals surface area contributed by atoms with Gasteiger partial charge in [-0.25, -0.2) is 8.42 Å². The number of fused-ring (bicyclic) bond motifs is 1. The third-order valence-electron chi connectivity index (χ3n) is 4.28. The molecule has 0 spiro atoms. The molecule has 10 nitrogen and oxygen atoms in total. The van der Waals surface area contributed by atoms with E-state index in [9.17, 15) is 23.3 Å². The van der Waals surface area contributed by atoms with Crippen LogP contribution in [0.3, 0.4) is 0 Å². The quantitative estimate of drug-likeness (QED) is 0.567. The molecule has 0 saturated carbocycles. The fourth-order valence-corrected chi connectivity index (χ4v) is 4.54. The van der Waals surface area contributed by atoms with Crippen LogP contribution in [0.2, 0.25) is 0 Å². The minimum absolute atomic E-state index is 0.0118. The number of para-hydroxylation sites is 1. The van der Waals surface area contributed by atoms with Crippen LogP contribution in [0.5, 0.6) is 0 Å². The van der Waals surface area contributed by atoms with Crippen molar-refractivity contribution in [2.75, 3.05) is 20.6 Å². The van der Waals surface area contributed by atoms with Crippen molar-refractivity contribution in [2.24, 2.45) is 0 Å². The number of hydrogen-bond donors (Lipinski definition) is 0. The molecular weight excluding hydrogens is 374 g/mol. The van der Waals surface area contributed by atoms with Crippen LogP contribution >= 0.6 is 0 Å². The number of carbonyl (C=O) groups is 1. The molecule has 1 aliphatic rings. The summed E-state index contributed by atoms with van der Waals surface area (Å²) in [5, 5.41) is 15.5. The Kier molecular flexibility index (Phi) is 4.98. The highest BCUT2D eigenvalue weighted by Gasteiger charge is 2.33. The van der Waals surface area contributed by atoms with Crippen molar-refractivity contribution in [1.82, 2.24) is 19.0 Å². The Balaban J connectivity index is 1.97. The standard InChI is InChI=1S/C16H19N5O5S/c1-18(2)16(22)13-10-12-11-19(8-5-9-20(12)17-13)27(25,26)15-7-4-3-6-14(15)21(23)24/h3-4,6-7,10H,5,8-9,11H2,1-2H3. The molecule has 0 saturated heterocycles. The predicted octanol–water partition coefficient (Wildman–Crippen LogP) is 1.09. The molecule has 1 amide bonds. The summed E-state index contributed by atoms with van der Waals surface area (Å²) in [5.74, 6) is -0.274. The van der Waals surface area contributed by atoms with E-state index in [0.717, 1.165) is 0 Å². The molecule has 2 heterocycles. The van der Waals surface area contributed by atoms with Gasteiger partial charge < -0.3 is 4.90 Å². The van der Waals surface area contributed by atoms with Gasteiger partial charge >= 0.3 is 0 Å². The fraction of sp³-hybridized carbons (Fsp3) is 0.375. The number of carbonyl (C=O) groups excluding carboxylic acids is 1. The molecule has 0 N–H and O–H groups in total. The molecule has 1 aromatic heterocycles. The fourth-order valence-electron chi connectivity index (χ4n) is 2.94. The van der Waals surface area contributed by atoms with Crippen molar-refractivity contribution in [3.63, 3.8) is 0 Å². The van der Waals surface area contributed by atoms with Gasteiger partial charge in [-0.3, -0.25) is 19.6 Å². The van der Waals surface area contributed by atoms with E-state index in [1.165, 1.54) is 33.5 Å². The first-order valence-electron chi connectivity index (χ1n) is 8.24. The number of nitro groups is 1. The zero-order chi connectivity index (χ0) is 19.8. The van der Waals surface area contributed by atoms with Gasteiger partial charge in [0.1, 0.15) is 0 Å². The first-order valence-corrected chi connectivity index (χ1v) is 9.68. The van der Waals surface area contributed by atoms with Gasteiger partial charge in [-0.15, -0.1) is 0 Å². The number of sulfonamides is 1. The lowest BCUT2D eigenvalue weighted by Gasteiger charge is -2.19. The summed E-state index contributed by atoms with van der Waals surface area (Å²) in [7, 11) is -0.857. The van der Waals surface area contributed by atoms with Crippen molar-refractivity contribution in [2.45, 2.75) is 24.4 Å². The highest BCUT2D eigenvalue weighted by Crippen LogP contribution is 2.28. The van der Waals surface area contributed by atoms with Crippen LogP contribution < -0.4 is 0 Å². The second-order valence-corrected chi connectivity index (χ2v) is 8.27. The molecule has 0 unspecified atom stereocenters. The number of aryl methyl sites for hydroxylation is 1. The molecule has 0 bridgehead atoms. The second-order valence-electron chi connectivity index (χ2n) is 6.36. The summed E-state index contributed by atoms with van der Waals surface area (Å²) in [6, 6.07) is 6.85. The Morgan fingerprint density at radius 2 is 1.96 bits per heavy atom. The normalized spacial score (nSPS) is 15.0. The van der Waals surface area contributed by atoms with Gasteiger partial charge in [-0.2, -0.15) is 9.40 Å². The lowest BCUT2D eigenvalue weighted by atomic mass is 10.3. The zero-order valence-electron chi connectivity index (χ0n) is 14.9. The van der Waals surface area contributed by atoms with Crippen molar-refractivity contribution in [3.05, 3.63) is 51.8 Å². The van der Waals surface area contributed by atoms with Crippen LogP contribution in [-0.2, 0) is 23.1 Å². The van der Waals surface area contributed by atoms with E-state index >= 15 is 0 Å². The van der Waals surface area contributed by atoms with Crippen molar-refractivity contribution in [1.29, 1.82) is 0 Å². The molecule has 1 aliphatic heterocycles. The smallest absolute Gasteiger partial charge is 0.289 e. The van der Waals surface area contributed by atoms with E-state index in [1.54, 1.807) is 24.8 Å². The van der Waals surface area contributed by atoms with Crippen molar-refractivity contribution >= 4 is 21.6 Å². The minimum atomic E-state index is -4.08. The Hall–Kier alpha value is -2.79. The summed E-state index contributed by atoms with van der Waals surface area (Å²) in [6.07, 6.45) is 0.476. The molecule has 0 atom stereocenters. The van der Waals surface area contributed by atoms with Crippen LogP contribution in [0.1, 0.15) is 22.6 Å². The van der Waals surface area contributed by atoms with E-state index < -0.39 is 20.6 Å². The van der Waals surface area contributed by atoms with Gasteiger partial charge in [0.15, 0.2) is 10.6 Å². The van der Waals surface area contributed by atoms with Crippen molar-refractivity contribution in [3.8, 4) is 0 Å². The summed E-state index contributed by atoms with van der Waals surface area (Å²) >= 11 is 0. The molecule has 144 valence electrons. The summed E-state index contributed by atoms with van der Waals surface area (Å²) in [6.45, 7) is 0.649. The third kappa shape index (κ3) is 3.55. The van der Waals surface area contributed by atoms with Crippen LogP contribution in [0.25, 0.3) is 0 Å². The van der Waals surface area contributed by atoms with Crippen molar-refractivity contribution < 1.29 is 18.1 Å². The van der Waals surface area contributed by atoms with Gasteiger partial charge in [0.2, 0.25) is 10.0 Å². The molecule has 3 rings (SSSR count). The molecule has 2 aromatic rings. The SMILES string of the molecule is CN(C)C(=O)c1cc2n(n1)CCCN(S(=O)(=O)c1ccccc1[N+](=O)[O-])C2. The minimum Gasteiger partial charge on any atom is -0.343 e. The monoisotopic (exact) mass is 393 g/mol. The first kappa shape index (κ1) is 19.0. The average molecular weight is 393 g/mol. The summed E-state index contributed by atoms with van der Waals surface area (Å²) < 4.78 is 28.9. The van der Waals surface area contributed by atoms with Gasteiger partial charge in [0.05, 0.1) is 17.2 Å². The average Bonchev–Trinajstić information content (AvgIpc) is 2.91. The number of hydrogen-bond acceptors (Lipinski definition) is 6. The topological polar surface area (TPSA) is 119 Å². The predicted molar refractivity (Wildman–Crippen MR) is 95.6 cm³/mol. The van der Waals surface area contributed by atoms with Crippen LogP contribution in [0.15, 0.2) is 35.2 Å². The number of nitrogens with zero attached hydrogens (tertiary/aromatic N) is 5. The summed E-state index contributed by atoms with van der Waals surface area (Å²) in [4.78, 5) is 23.7. The van der Waals surface area contributed by atoms with Crippen LogP contribution in [0.4, 0.5) is 5.69 Å². The lowest BCUT2D eigenvalue weighted by Crippen LogP contribution is -2.31. The number of benzene rings is 1. The molecular formula is C16H19N5O5S. The maximum absolute atomic E-state index is 13.0.